The highest BCUT2D eigenvalue weighted by atomic mass is 35.5. The van der Waals surface area contributed by atoms with Crippen LogP contribution in [-0.2, 0) is 4.74 Å². The van der Waals surface area contributed by atoms with Gasteiger partial charge in [0.15, 0.2) is 11.5 Å². The van der Waals surface area contributed by atoms with E-state index in [1.54, 1.807) is 21.3 Å². The Morgan fingerprint density at radius 2 is 1.93 bits per heavy atom. The minimum Gasteiger partial charge on any atom is -0.497 e. The summed E-state index contributed by atoms with van der Waals surface area (Å²) in [4.78, 5) is 0. The lowest BCUT2D eigenvalue weighted by Crippen LogP contribution is -2.36. The first-order chi connectivity index (χ1) is 13.2. The van der Waals surface area contributed by atoms with Crippen molar-refractivity contribution in [2.24, 2.45) is 5.92 Å². The molecule has 2 heterocycles. The van der Waals surface area contributed by atoms with Gasteiger partial charge >= 0.3 is 0 Å². The predicted octanol–water partition coefficient (Wildman–Crippen LogP) is 5.00. The van der Waals surface area contributed by atoms with Gasteiger partial charge in [-0.05, 0) is 48.7 Å². The SMILES string of the molecule is COc1ccc2c(c1)[C@H]1OCCC[C@H]1[C@@H](c1cc(Cl)c(OC)c(OC)c1)N2. The highest BCUT2D eigenvalue weighted by Crippen LogP contribution is 2.51. The lowest BCUT2D eigenvalue weighted by Gasteiger charge is -2.43. The van der Waals surface area contributed by atoms with Gasteiger partial charge in [-0.15, -0.1) is 0 Å². The van der Waals surface area contributed by atoms with Crippen LogP contribution in [0.2, 0.25) is 5.02 Å². The molecule has 5 nitrogen and oxygen atoms in total. The van der Waals surface area contributed by atoms with Crippen LogP contribution in [-0.4, -0.2) is 27.9 Å². The van der Waals surface area contributed by atoms with Gasteiger partial charge in [0, 0.05) is 23.8 Å². The molecule has 144 valence electrons. The van der Waals surface area contributed by atoms with Gasteiger partial charge in [-0.25, -0.2) is 0 Å². The Bertz CT molecular complexity index is 841. The molecule has 0 unspecified atom stereocenters. The first-order valence-electron chi connectivity index (χ1n) is 9.13. The smallest absolute Gasteiger partial charge is 0.179 e. The Balaban J connectivity index is 1.78. The van der Waals surface area contributed by atoms with E-state index in [9.17, 15) is 0 Å². The van der Waals surface area contributed by atoms with Gasteiger partial charge in [-0.1, -0.05) is 11.6 Å². The molecule has 2 aliphatic heterocycles. The molecule has 0 amide bonds. The number of nitrogens with one attached hydrogen (secondary N) is 1. The van der Waals surface area contributed by atoms with Gasteiger partial charge in [-0.2, -0.15) is 0 Å². The third-order valence-corrected chi connectivity index (χ3v) is 5.77. The van der Waals surface area contributed by atoms with Crippen molar-refractivity contribution in [2.45, 2.75) is 25.0 Å². The van der Waals surface area contributed by atoms with E-state index in [0.29, 0.717) is 22.4 Å². The van der Waals surface area contributed by atoms with E-state index >= 15 is 0 Å². The molecule has 0 bridgehead atoms. The first-order valence-corrected chi connectivity index (χ1v) is 9.51. The number of hydrogen-bond acceptors (Lipinski definition) is 5. The van der Waals surface area contributed by atoms with E-state index in [1.165, 1.54) is 0 Å². The Kier molecular flexibility index (Phi) is 5.06. The Hall–Kier alpha value is -2.11. The molecule has 1 saturated heterocycles. The monoisotopic (exact) mass is 389 g/mol. The molecule has 1 fully saturated rings. The molecule has 0 spiro atoms. The number of methoxy groups -OCH3 is 3. The summed E-state index contributed by atoms with van der Waals surface area (Å²) in [7, 11) is 4.91. The van der Waals surface area contributed by atoms with Crippen LogP contribution in [0.3, 0.4) is 0 Å². The molecule has 27 heavy (non-hydrogen) atoms. The van der Waals surface area contributed by atoms with Gasteiger partial charge in [0.25, 0.3) is 0 Å². The van der Waals surface area contributed by atoms with Crippen LogP contribution in [0.15, 0.2) is 30.3 Å². The van der Waals surface area contributed by atoms with Gasteiger partial charge < -0.3 is 24.3 Å². The molecule has 2 aromatic rings. The normalized spacial score (nSPS) is 23.6. The highest BCUT2D eigenvalue weighted by Gasteiger charge is 2.40. The Morgan fingerprint density at radius 3 is 2.67 bits per heavy atom. The van der Waals surface area contributed by atoms with Gasteiger partial charge in [0.1, 0.15) is 5.75 Å². The topological polar surface area (TPSA) is 49.0 Å². The van der Waals surface area contributed by atoms with Crippen LogP contribution < -0.4 is 19.5 Å². The average Bonchev–Trinajstić information content (AvgIpc) is 2.72. The molecule has 2 aromatic carbocycles. The molecule has 0 saturated carbocycles. The fourth-order valence-electron chi connectivity index (χ4n) is 4.22. The molecule has 1 N–H and O–H groups in total. The van der Waals surface area contributed by atoms with Crippen LogP contribution >= 0.6 is 11.6 Å². The summed E-state index contributed by atoms with van der Waals surface area (Å²) in [6.07, 6.45) is 2.15. The number of halogens is 1. The van der Waals surface area contributed by atoms with Crippen molar-refractivity contribution < 1.29 is 18.9 Å². The number of rotatable bonds is 4. The van der Waals surface area contributed by atoms with E-state index in [2.05, 4.69) is 17.4 Å². The predicted molar refractivity (Wildman–Crippen MR) is 105 cm³/mol. The molecule has 0 aromatic heterocycles. The standard InChI is InChI=1S/C21H24ClNO4/c1-24-13-6-7-17-15(11-13)20-14(5-4-8-27-20)19(23-17)12-9-16(22)21(26-3)18(10-12)25-2/h6-7,9-11,14,19-20,23H,4-5,8H2,1-3H3/t14-,19+,20-/m0/s1. The summed E-state index contributed by atoms with van der Waals surface area (Å²) in [5.74, 6) is 2.33. The molecule has 0 aliphatic carbocycles. The molecule has 3 atom stereocenters. The van der Waals surface area contributed by atoms with E-state index in [0.717, 1.165) is 42.0 Å². The molecule has 4 rings (SSSR count). The second kappa shape index (κ2) is 7.49. The third kappa shape index (κ3) is 3.19. The molecule has 0 radical (unpaired) electrons. The number of fused-ring (bicyclic) bond motifs is 3. The maximum absolute atomic E-state index is 6.47. The molecule has 6 heteroatoms. The van der Waals surface area contributed by atoms with Crippen LogP contribution in [0.25, 0.3) is 0 Å². The van der Waals surface area contributed by atoms with Crippen LogP contribution in [0.4, 0.5) is 5.69 Å². The summed E-state index contributed by atoms with van der Waals surface area (Å²) in [5, 5.41) is 4.23. The van der Waals surface area contributed by atoms with E-state index in [4.69, 9.17) is 30.5 Å². The summed E-state index contributed by atoms with van der Waals surface area (Å²) in [6.45, 7) is 0.775. The van der Waals surface area contributed by atoms with Crippen molar-refractivity contribution in [3.63, 3.8) is 0 Å². The highest BCUT2D eigenvalue weighted by molar-refractivity contribution is 6.32. The third-order valence-electron chi connectivity index (χ3n) is 5.49. The van der Waals surface area contributed by atoms with Crippen LogP contribution in [0.1, 0.15) is 36.1 Å². The number of hydrogen-bond donors (Lipinski definition) is 1. The zero-order valence-electron chi connectivity index (χ0n) is 15.8. The number of ether oxygens (including phenoxy) is 4. The van der Waals surface area contributed by atoms with E-state index < -0.39 is 0 Å². The quantitative estimate of drug-likeness (QED) is 0.797. The van der Waals surface area contributed by atoms with Crippen molar-refractivity contribution in [3.8, 4) is 17.2 Å². The number of anilines is 1. The Morgan fingerprint density at radius 1 is 1.07 bits per heavy atom. The minimum atomic E-state index is 0.0296. The lowest BCUT2D eigenvalue weighted by atomic mass is 9.77. The van der Waals surface area contributed by atoms with Crippen molar-refractivity contribution in [1.29, 1.82) is 0 Å². The summed E-state index contributed by atoms with van der Waals surface area (Å²) < 4.78 is 22.5. The first kappa shape index (κ1) is 18.3. The van der Waals surface area contributed by atoms with Gasteiger partial charge in [0.05, 0.1) is 38.5 Å². The largest absolute Gasteiger partial charge is 0.497 e. The summed E-state index contributed by atoms with van der Waals surface area (Å²) in [6, 6.07) is 10.1. The zero-order valence-corrected chi connectivity index (χ0v) is 16.5. The summed E-state index contributed by atoms with van der Waals surface area (Å²) in [5.41, 5.74) is 3.29. The Labute approximate surface area is 164 Å². The van der Waals surface area contributed by atoms with Gasteiger partial charge in [-0.3, -0.25) is 0 Å². The van der Waals surface area contributed by atoms with Crippen molar-refractivity contribution in [1.82, 2.24) is 0 Å². The van der Waals surface area contributed by atoms with Crippen molar-refractivity contribution >= 4 is 17.3 Å². The molecule has 2 aliphatic rings. The maximum atomic E-state index is 6.47. The fourth-order valence-corrected chi connectivity index (χ4v) is 4.52. The number of benzene rings is 2. The van der Waals surface area contributed by atoms with Crippen molar-refractivity contribution in [2.75, 3.05) is 33.3 Å². The second-order valence-corrected chi connectivity index (χ2v) is 7.32. The van der Waals surface area contributed by atoms with Crippen molar-refractivity contribution in [3.05, 3.63) is 46.5 Å². The van der Waals surface area contributed by atoms with Crippen LogP contribution in [0.5, 0.6) is 17.2 Å². The molecular formula is C21H24ClNO4. The molecular weight excluding hydrogens is 366 g/mol. The van der Waals surface area contributed by atoms with Gasteiger partial charge in [0.2, 0.25) is 0 Å². The average molecular weight is 390 g/mol. The fraction of sp³-hybridized carbons (Fsp3) is 0.429. The van der Waals surface area contributed by atoms with E-state index in [-0.39, 0.29) is 12.1 Å². The summed E-state index contributed by atoms with van der Waals surface area (Å²) >= 11 is 6.47. The lowest BCUT2D eigenvalue weighted by molar-refractivity contribution is -0.0382. The van der Waals surface area contributed by atoms with E-state index in [1.807, 2.05) is 18.2 Å². The second-order valence-electron chi connectivity index (χ2n) is 6.91. The minimum absolute atomic E-state index is 0.0296. The maximum Gasteiger partial charge on any atom is 0.179 e. The van der Waals surface area contributed by atoms with Crippen LogP contribution in [0, 0.1) is 5.92 Å². The zero-order chi connectivity index (χ0) is 19.0.